The number of benzene rings is 1. The Bertz CT molecular complexity index is 726. The normalized spacial score (nSPS) is 11.2. The van der Waals surface area contributed by atoms with Gasteiger partial charge in [-0.3, -0.25) is 0 Å². The van der Waals surface area contributed by atoms with E-state index in [0.717, 1.165) is 0 Å². The average Bonchev–Trinajstić information content (AvgIpc) is 2.82. The number of aryl methyl sites for hydroxylation is 1. The zero-order valence-corrected chi connectivity index (χ0v) is 11.1. The van der Waals surface area contributed by atoms with Crippen LogP contribution in [0.2, 0.25) is 0 Å². The molecular formula is C13H12N2O3S. The van der Waals surface area contributed by atoms with E-state index in [1.54, 1.807) is 31.2 Å². The smallest absolute Gasteiger partial charge is 0.242 e. The van der Waals surface area contributed by atoms with Gasteiger partial charge >= 0.3 is 0 Å². The topological polar surface area (TPSA) is 83.1 Å². The molecule has 1 heterocycles. The van der Waals surface area contributed by atoms with Crippen molar-refractivity contribution in [2.24, 2.45) is 0 Å². The summed E-state index contributed by atoms with van der Waals surface area (Å²) in [5.74, 6) is 1.24. The molecule has 1 aromatic carbocycles. The minimum absolute atomic E-state index is 0.0271. The molecule has 0 unspecified atom stereocenters. The van der Waals surface area contributed by atoms with E-state index in [-0.39, 0.29) is 17.0 Å². The van der Waals surface area contributed by atoms with Crippen LogP contribution in [-0.2, 0) is 16.6 Å². The molecule has 1 aromatic heterocycles. The summed E-state index contributed by atoms with van der Waals surface area (Å²) in [6, 6.07) is 11.4. The highest BCUT2D eigenvalue weighted by Crippen LogP contribution is 2.15. The molecule has 0 atom stereocenters. The minimum atomic E-state index is -3.72. The molecule has 0 aliphatic heterocycles. The highest BCUT2D eigenvalue weighted by atomic mass is 32.2. The van der Waals surface area contributed by atoms with Gasteiger partial charge in [0.1, 0.15) is 17.6 Å². The summed E-state index contributed by atoms with van der Waals surface area (Å²) in [7, 11) is -3.72. The van der Waals surface area contributed by atoms with Gasteiger partial charge in [0.2, 0.25) is 10.0 Å². The molecule has 0 radical (unpaired) electrons. The Hall–Kier alpha value is -2.10. The van der Waals surface area contributed by atoms with Crippen molar-refractivity contribution in [2.75, 3.05) is 0 Å². The van der Waals surface area contributed by atoms with E-state index in [1.807, 2.05) is 6.07 Å². The van der Waals surface area contributed by atoms with E-state index in [1.165, 1.54) is 12.1 Å². The summed E-state index contributed by atoms with van der Waals surface area (Å²) < 4.78 is 31.9. The average molecular weight is 276 g/mol. The van der Waals surface area contributed by atoms with Gasteiger partial charge in [-0.25, -0.2) is 13.1 Å². The minimum Gasteiger partial charge on any atom is -0.465 e. The van der Waals surface area contributed by atoms with Crippen molar-refractivity contribution < 1.29 is 12.8 Å². The van der Waals surface area contributed by atoms with E-state index in [0.29, 0.717) is 11.5 Å². The molecule has 2 aromatic rings. The maximum absolute atomic E-state index is 12.1. The summed E-state index contributed by atoms with van der Waals surface area (Å²) in [6.07, 6.45) is 0. The lowest BCUT2D eigenvalue weighted by Gasteiger charge is -2.06. The van der Waals surface area contributed by atoms with E-state index in [9.17, 15) is 8.42 Å². The SMILES string of the molecule is Cc1ccc(CNS(=O)(=O)c2ccccc2C#N)o1. The molecule has 0 spiro atoms. The molecule has 0 saturated heterocycles. The molecule has 0 bridgehead atoms. The second kappa shape index (κ2) is 5.26. The van der Waals surface area contributed by atoms with Crippen molar-refractivity contribution >= 4 is 10.0 Å². The van der Waals surface area contributed by atoms with Gasteiger partial charge in [-0.15, -0.1) is 0 Å². The van der Waals surface area contributed by atoms with E-state index in [4.69, 9.17) is 9.68 Å². The fourth-order valence-corrected chi connectivity index (χ4v) is 2.77. The van der Waals surface area contributed by atoms with Gasteiger partial charge in [-0.1, -0.05) is 12.1 Å². The van der Waals surface area contributed by atoms with Crippen LogP contribution in [0.25, 0.3) is 0 Å². The Kier molecular flexibility index (Phi) is 3.69. The Morgan fingerprint density at radius 1 is 1.26 bits per heavy atom. The Labute approximate surface area is 111 Å². The first kappa shape index (κ1) is 13.3. The van der Waals surface area contributed by atoms with Crippen molar-refractivity contribution in [3.8, 4) is 6.07 Å². The summed E-state index contributed by atoms with van der Waals surface area (Å²) in [4.78, 5) is -0.0271. The molecule has 98 valence electrons. The first-order valence-electron chi connectivity index (χ1n) is 5.57. The molecule has 1 N–H and O–H groups in total. The Morgan fingerprint density at radius 3 is 2.63 bits per heavy atom. The van der Waals surface area contributed by atoms with Crippen LogP contribution >= 0.6 is 0 Å². The molecule has 0 saturated carbocycles. The molecule has 5 nitrogen and oxygen atoms in total. The highest BCUT2D eigenvalue weighted by Gasteiger charge is 2.18. The number of hydrogen-bond donors (Lipinski definition) is 1. The number of rotatable bonds is 4. The van der Waals surface area contributed by atoms with Gasteiger partial charge in [0.15, 0.2) is 0 Å². The third-order valence-electron chi connectivity index (χ3n) is 2.53. The lowest BCUT2D eigenvalue weighted by atomic mass is 10.2. The fraction of sp³-hybridized carbons (Fsp3) is 0.154. The summed E-state index contributed by atoms with van der Waals surface area (Å²) in [5.41, 5.74) is 0.116. The maximum Gasteiger partial charge on any atom is 0.242 e. The van der Waals surface area contributed by atoms with Crippen LogP contribution in [0.5, 0.6) is 0 Å². The summed E-state index contributed by atoms with van der Waals surface area (Å²) >= 11 is 0. The summed E-state index contributed by atoms with van der Waals surface area (Å²) in [5, 5.41) is 8.91. The predicted molar refractivity (Wildman–Crippen MR) is 68.6 cm³/mol. The molecular weight excluding hydrogens is 264 g/mol. The second-order valence-corrected chi connectivity index (χ2v) is 5.68. The molecule has 6 heteroatoms. The third-order valence-corrected chi connectivity index (χ3v) is 3.99. The van der Waals surface area contributed by atoms with E-state index >= 15 is 0 Å². The number of nitriles is 1. The van der Waals surface area contributed by atoms with Crippen molar-refractivity contribution in [3.05, 3.63) is 53.5 Å². The molecule has 0 fully saturated rings. The fourth-order valence-electron chi connectivity index (χ4n) is 1.62. The number of sulfonamides is 1. The van der Waals surface area contributed by atoms with Crippen LogP contribution in [0.1, 0.15) is 17.1 Å². The number of furan rings is 1. The first-order valence-corrected chi connectivity index (χ1v) is 7.05. The van der Waals surface area contributed by atoms with E-state index < -0.39 is 10.0 Å². The molecule has 0 aliphatic rings. The van der Waals surface area contributed by atoms with Gasteiger partial charge in [-0.05, 0) is 31.2 Å². The van der Waals surface area contributed by atoms with Crippen LogP contribution in [0.4, 0.5) is 0 Å². The van der Waals surface area contributed by atoms with Gasteiger partial charge in [0.05, 0.1) is 17.0 Å². The monoisotopic (exact) mass is 276 g/mol. The van der Waals surface area contributed by atoms with Gasteiger partial charge < -0.3 is 4.42 Å². The Morgan fingerprint density at radius 2 is 2.00 bits per heavy atom. The molecule has 19 heavy (non-hydrogen) atoms. The van der Waals surface area contributed by atoms with Gasteiger partial charge in [0.25, 0.3) is 0 Å². The van der Waals surface area contributed by atoms with Crippen LogP contribution in [0, 0.1) is 18.3 Å². The van der Waals surface area contributed by atoms with Gasteiger partial charge in [0, 0.05) is 0 Å². The van der Waals surface area contributed by atoms with E-state index in [2.05, 4.69) is 4.72 Å². The van der Waals surface area contributed by atoms with Crippen LogP contribution in [0.15, 0.2) is 45.7 Å². The van der Waals surface area contributed by atoms with Crippen LogP contribution in [-0.4, -0.2) is 8.42 Å². The molecule has 2 rings (SSSR count). The summed E-state index contributed by atoms with van der Waals surface area (Å²) in [6.45, 7) is 1.83. The zero-order chi connectivity index (χ0) is 13.9. The maximum atomic E-state index is 12.1. The first-order chi connectivity index (χ1) is 9.03. The number of nitrogens with one attached hydrogen (secondary N) is 1. The van der Waals surface area contributed by atoms with Crippen molar-refractivity contribution in [1.82, 2.24) is 4.72 Å². The second-order valence-electron chi connectivity index (χ2n) is 3.94. The van der Waals surface area contributed by atoms with Gasteiger partial charge in [-0.2, -0.15) is 5.26 Å². The highest BCUT2D eigenvalue weighted by molar-refractivity contribution is 7.89. The van der Waals surface area contributed by atoms with Crippen molar-refractivity contribution in [2.45, 2.75) is 18.4 Å². The van der Waals surface area contributed by atoms with Crippen LogP contribution in [0.3, 0.4) is 0 Å². The molecule has 0 aliphatic carbocycles. The van der Waals surface area contributed by atoms with Crippen molar-refractivity contribution in [1.29, 1.82) is 5.26 Å². The lowest BCUT2D eigenvalue weighted by Crippen LogP contribution is -2.23. The van der Waals surface area contributed by atoms with Crippen LogP contribution < -0.4 is 4.72 Å². The largest absolute Gasteiger partial charge is 0.465 e. The lowest BCUT2D eigenvalue weighted by molar-refractivity contribution is 0.475. The third kappa shape index (κ3) is 3.02. The predicted octanol–water partition coefficient (Wildman–Crippen LogP) is 1.94. The molecule has 0 amide bonds. The number of nitrogens with zero attached hydrogens (tertiary/aromatic N) is 1. The number of hydrogen-bond acceptors (Lipinski definition) is 4. The Balaban J connectivity index is 2.21. The quantitative estimate of drug-likeness (QED) is 0.925. The standard InChI is InChI=1S/C13H12N2O3S/c1-10-6-7-12(18-10)9-15-19(16,17)13-5-3-2-4-11(13)8-14/h2-7,15H,9H2,1H3. The van der Waals surface area contributed by atoms with Crippen molar-refractivity contribution in [3.63, 3.8) is 0 Å². The zero-order valence-electron chi connectivity index (χ0n) is 10.3.